The summed E-state index contributed by atoms with van der Waals surface area (Å²) in [6, 6.07) is 9.15. The molecule has 0 saturated carbocycles. The van der Waals surface area contributed by atoms with Crippen molar-refractivity contribution < 1.29 is 18.7 Å². The summed E-state index contributed by atoms with van der Waals surface area (Å²) >= 11 is 6.95. The molecule has 7 heteroatoms. The number of hydrogen-bond acceptors (Lipinski definition) is 5. The lowest BCUT2D eigenvalue weighted by Crippen LogP contribution is -2.31. The van der Waals surface area contributed by atoms with Gasteiger partial charge in [-0.1, -0.05) is 17.7 Å². The number of amides is 2. The average molecular weight is 378 g/mol. The Kier molecular flexibility index (Phi) is 5.32. The number of imide groups is 1. The van der Waals surface area contributed by atoms with E-state index in [1.165, 1.54) is 12.0 Å². The lowest BCUT2D eigenvalue weighted by atomic mass is 10.1. The summed E-state index contributed by atoms with van der Waals surface area (Å²) in [6.07, 6.45) is 1.58. The number of carbonyl (C=O) groups is 2. The van der Waals surface area contributed by atoms with E-state index in [1.807, 2.05) is 31.2 Å². The van der Waals surface area contributed by atoms with Crippen LogP contribution in [0.25, 0.3) is 17.4 Å². The van der Waals surface area contributed by atoms with Crippen LogP contribution in [0.5, 0.6) is 0 Å². The molecule has 1 fully saturated rings. The standard InChI is InChI=1S/C18H16ClNO4S/c1-11-3-4-12(19)9-14(11)15-6-5-13(24-15)10-16-17(21)20(7-8-23-2)18(22)25-16/h3-6,9-10H,7-8H2,1-2H3/b16-10+. The molecule has 2 aromatic rings. The zero-order chi connectivity index (χ0) is 18.0. The molecule has 1 aromatic carbocycles. The molecule has 0 N–H and O–H groups in total. The predicted molar refractivity (Wildman–Crippen MR) is 98.4 cm³/mol. The van der Waals surface area contributed by atoms with Crippen molar-refractivity contribution in [1.82, 2.24) is 4.90 Å². The Labute approximate surface area is 154 Å². The summed E-state index contributed by atoms with van der Waals surface area (Å²) in [6.45, 7) is 2.52. The molecule has 130 valence electrons. The molecule has 0 bridgehead atoms. The summed E-state index contributed by atoms with van der Waals surface area (Å²) < 4.78 is 10.7. The summed E-state index contributed by atoms with van der Waals surface area (Å²) in [7, 11) is 1.52. The second-order valence-corrected chi connectivity index (χ2v) is 6.92. The molecule has 1 aliphatic rings. The second-order valence-electron chi connectivity index (χ2n) is 5.49. The van der Waals surface area contributed by atoms with Crippen molar-refractivity contribution in [2.45, 2.75) is 6.92 Å². The normalized spacial score (nSPS) is 16.3. The zero-order valence-electron chi connectivity index (χ0n) is 13.7. The van der Waals surface area contributed by atoms with Gasteiger partial charge in [0, 0.05) is 23.8 Å². The van der Waals surface area contributed by atoms with Crippen molar-refractivity contribution in [3.05, 3.63) is 51.6 Å². The highest BCUT2D eigenvalue weighted by atomic mass is 35.5. The molecule has 25 heavy (non-hydrogen) atoms. The first-order valence-corrected chi connectivity index (χ1v) is 8.79. The minimum absolute atomic E-state index is 0.240. The number of aryl methyl sites for hydroxylation is 1. The van der Waals surface area contributed by atoms with E-state index < -0.39 is 0 Å². The third kappa shape index (κ3) is 3.81. The lowest BCUT2D eigenvalue weighted by Gasteiger charge is -2.10. The minimum Gasteiger partial charge on any atom is -0.457 e. The van der Waals surface area contributed by atoms with Gasteiger partial charge in [0.1, 0.15) is 11.5 Å². The van der Waals surface area contributed by atoms with Gasteiger partial charge in [0.2, 0.25) is 0 Å². The number of benzene rings is 1. The molecule has 0 radical (unpaired) electrons. The van der Waals surface area contributed by atoms with Gasteiger partial charge in [-0.3, -0.25) is 14.5 Å². The smallest absolute Gasteiger partial charge is 0.293 e. The topological polar surface area (TPSA) is 59.8 Å². The number of carbonyl (C=O) groups excluding carboxylic acids is 2. The highest BCUT2D eigenvalue weighted by Gasteiger charge is 2.34. The van der Waals surface area contributed by atoms with Crippen molar-refractivity contribution >= 4 is 40.6 Å². The van der Waals surface area contributed by atoms with Crippen LogP contribution in [0.15, 0.2) is 39.7 Å². The number of rotatable bonds is 5. The van der Waals surface area contributed by atoms with Gasteiger partial charge in [0.05, 0.1) is 18.1 Å². The van der Waals surface area contributed by atoms with Crippen LogP contribution < -0.4 is 0 Å². The predicted octanol–water partition coefficient (Wildman–Crippen LogP) is 4.59. The van der Waals surface area contributed by atoms with Crippen molar-refractivity contribution in [3.8, 4) is 11.3 Å². The van der Waals surface area contributed by atoms with Crippen molar-refractivity contribution in [2.24, 2.45) is 0 Å². The Hall–Kier alpha value is -2.02. The SMILES string of the molecule is COCCN1C(=O)S/C(=C/c2ccc(-c3cc(Cl)ccc3C)o2)C1=O. The van der Waals surface area contributed by atoms with Gasteiger partial charge < -0.3 is 9.15 Å². The van der Waals surface area contributed by atoms with Crippen LogP contribution in [0, 0.1) is 6.92 Å². The molecule has 3 rings (SSSR count). The van der Waals surface area contributed by atoms with Crippen LogP contribution in [0.3, 0.4) is 0 Å². The van der Waals surface area contributed by atoms with Gasteiger partial charge in [0.15, 0.2) is 0 Å². The maximum atomic E-state index is 12.3. The van der Waals surface area contributed by atoms with Crippen LogP contribution >= 0.6 is 23.4 Å². The Morgan fingerprint density at radius 1 is 1.28 bits per heavy atom. The quantitative estimate of drug-likeness (QED) is 0.713. The van der Waals surface area contributed by atoms with E-state index in [2.05, 4.69) is 0 Å². The number of furan rings is 1. The van der Waals surface area contributed by atoms with E-state index in [0.717, 1.165) is 22.9 Å². The Morgan fingerprint density at radius 3 is 2.84 bits per heavy atom. The summed E-state index contributed by atoms with van der Waals surface area (Å²) in [5.74, 6) is 0.834. The maximum absolute atomic E-state index is 12.3. The van der Waals surface area contributed by atoms with E-state index in [0.29, 0.717) is 28.1 Å². The van der Waals surface area contributed by atoms with Gasteiger partial charge in [-0.2, -0.15) is 0 Å². The Morgan fingerprint density at radius 2 is 2.08 bits per heavy atom. The first-order valence-electron chi connectivity index (χ1n) is 7.60. The monoisotopic (exact) mass is 377 g/mol. The zero-order valence-corrected chi connectivity index (χ0v) is 15.3. The first-order chi connectivity index (χ1) is 12.0. The largest absolute Gasteiger partial charge is 0.457 e. The number of nitrogens with zero attached hydrogens (tertiary/aromatic N) is 1. The molecule has 1 aromatic heterocycles. The third-order valence-electron chi connectivity index (χ3n) is 3.76. The Bertz CT molecular complexity index is 859. The molecular weight excluding hydrogens is 362 g/mol. The first kappa shape index (κ1) is 17.8. The molecule has 0 unspecified atom stereocenters. The molecule has 2 amide bonds. The fourth-order valence-corrected chi connectivity index (χ4v) is 3.46. The average Bonchev–Trinajstić information content (AvgIpc) is 3.14. The van der Waals surface area contributed by atoms with Gasteiger partial charge in [-0.15, -0.1) is 0 Å². The fraction of sp³-hybridized carbons (Fsp3) is 0.222. The van der Waals surface area contributed by atoms with Crippen LogP contribution in [0.2, 0.25) is 5.02 Å². The van der Waals surface area contributed by atoms with E-state index >= 15 is 0 Å². The van der Waals surface area contributed by atoms with E-state index in [9.17, 15) is 9.59 Å². The minimum atomic E-state index is -0.330. The van der Waals surface area contributed by atoms with Gasteiger partial charge in [-0.25, -0.2) is 0 Å². The molecular formula is C18H16ClNO4S. The molecule has 1 aliphatic heterocycles. The number of hydrogen-bond donors (Lipinski definition) is 0. The van der Waals surface area contributed by atoms with Crippen molar-refractivity contribution in [1.29, 1.82) is 0 Å². The lowest BCUT2D eigenvalue weighted by molar-refractivity contribution is -0.123. The van der Waals surface area contributed by atoms with Crippen LogP contribution in [0.4, 0.5) is 4.79 Å². The number of halogens is 1. The number of ether oxygens (including phenoxy) is 1. The fourth-order valence-electron chi connectivity index (χ4n) is 2.44. The van der Waals surface area contributed by atoms with E-state index in [1.54, 1.807) is 12.1 Å². The molecule has 1 saturated heterocycles. The maximum Gasteiger partial charge on any atom is 0.293 e. The van der Waals surface area contributed by atoms with Crippen LogP contribution in [0.1, 0.15) is 11.3 Å². The summed E-state index contributed by atoms with van der Waals surface area (Å²) in [5.41, 5.74) is 1.92. The molecule has 2 heterocycles. The van der Waals surface area contributed by atoms with Crippen molar-refractivity contribution in [2.75, 3.05) is 20.3 Å². The highest BCUT2D eigenvalue weighted by Crippen LogP contribution is 2.34. The number of methoxy groups -OCH3 is 1. The third-order valence-corrected chi connectivity index (χ3v) is 4.90. The van der Waals surface area contributed by atoms with Gasteiger partial charge in [-0.05, 0) is 48.5 Å². The highest BCUT2D eigenvalue weighted by molar-refractivity contribution is 8.18. The molecule has 0 atom stereocenters. The summed E-state index contributed by atoms with van der Waals surface area (Å²) in [4.78, 5) is 25.7. The van der Waals surface area contributed by atoms with E-state index in [-0.39, 0.29) is 17.7 Å². The molecule has 0 spiro atoms. The molecule has 5 nitrogen and oxygen atoms in total. The second kappa shape index (κ2) is 7.47. The number of thioether (sulfide) groups is 1. The van der Waals surface area contributed by atoms with Gasteiger partial charge >= 0.3 is 0 Å². The summed E-state index contributed by atoms with van der Waals surface area (Å²) in [5, 5.41) is 0.323. The molecule has 0 aliphatic carbocycles. The Balaban J connectivity index is 1.84. The van der Waals surface area contributed by atoms with Crippen LogP contribution in [-0.2, 0) is 9.53 Å². The van der Waals surface area contributed by atoms with Crippen LogP contribution in [-0.4, -0.2) is 36.3 Å². The van der Waals surface area contributed by atoms with Gasteiger partial charge in [0.25, 0.3) is 11.1 Å². The van der Waals surface area contributed by atoms with E-state index in [4.69, 9.17) is 20.8 Å². The van der Waals surface area contributed by atoms with Crippen molar-refractivity contribution in [3.63, 3.8) is 0 Å².